The monoisotopic (exact) mass is 243 g/mol. The van der Waals surface area contributed by atoms with E-state index in [1.54, 1.807) is 0 Å². The van der Waals surface area contributed by atoms with Crippen LogP contribution in [0.2, 0.25) is 5.02 Å². The predicted molar refractivity (Wildman–Crippen MR) is 59.2 cm³/mol. The van der Waals surface area contributed by atoms with Gasteiger partial charge in [-0.05, 0) is 12.0 Å². The van der Waals surface area contributed by atoms with E-state index in [2.05, 4.69) is 16.8 Å². The van der Waals surface area contributed by atoms with Crippen molar-refractivity contribution in [1.29, 1.82) is 0 Å². The molecule has 0 bridgehead atoms. The summed E-state index contributed by atoms with van der Waals surface area (Å²) in [5.41, 5.74) is 0.0450. The molecule has 0 aliphatic carbocycles. The first-order chi connectivity index (χ1) is 7.09. The van der Waals surface area contributed by atoms with E-state index in [9.17, 15) is 9.18 Å². The lowest BCUT2D eigenvalue weighted by molar-refractivity contribution is -0.109. The van der Waals surface area contributed by atoms with Gasteiger partial charge in [0.25, 0.3) is 0 Å². The third kappa shape index (κ3) is 4.32. The normalized spacial score (nSPS) is 9.27. The van der Waals surface area contributed by atoms with Crippen LogP contribution in [0.4, 0.5) is 4.39 Å². The van der Waals surface area contributed by atoms with Gasteiger partial charge < -0.3 is 0 Å². The van der Waals surface area contributed by atoms with E-state index in [0.717, 1.165) is 17.8 Å². The minimum atomic E-state index is -0.553. The average Bonchev–Trinajstić information content (AvgIpc) is 2.14. The van der Waals surface area contributed by atoms with Crippen LogP contribution in [0.3, 0.4) is 0 Å². The largest absolute Gasteiger partial charge is 0.288 e. The number of thioether (sulfide) groups is 1. The van der Waals surface area contributed by atoms with Crippen molar-refractivity contribution in [2.75, 3.05) is 5.75 Å². The Morgan fingerprint density at radius 1 is 1.73 bits per heavy atom. The van der Waals surface area contributed by atoms with Crippen molar-refractivity contribution in [3.05, 3.63) is 28.8 Å². The number of hydrogen-bond acceptors (Lipinski definition) is 3. The van der Waals surface area contributed by atoms with E-state index in [-0.39, 0.29) is 15.8 Å². The number of carbonyl (C=O) groups excluding carboxylic acids is 1. The number of rotatable bonds is 1. The zero-order chi connectivity index (χ0) is 11.3. The molecule has 0 atom stereocenters. The standard InChI is InChI=1S/C10H7ClFNOS/c1-7(14)15-4-2-3-10-9(12)5-8(11)6-13-10/h5-6H,4H2,1H3. The minimum Gasteiger partial charge on any atom is -0.288 e. The van der Waals surface area contributed by atoms with Crippen LogP contribution in [0.5, 0.6) is 0 Å². The molecule has 1 rings (SSSR count). The highest BCUT2D eigenvalue weighted by molar-refractivity contribution is 8.13. The zero-order valence-electron chi connectivity index (χ0n) is 7.88. The maximum atomic E-state index is 13.1. The van der Waals surface area contributed by atoms with Crippen molar-refractivity contribution in [3.8, 4) is 11.8 Å². The highest BCUT2D eigenvalue weighted by atomic mass is 35.5. The fourth-order valence-corrected chi connectivity index (χ4v) is 1.26. The fourth-order valence-electron chi connectivity index (χ4n) is 0.764. The van der Waals surface area contributed by atoms with Crippen LogP contribution in [0.25, 0.3) is 0 Å². The summed E-state index contributed by atoms with van der Waals surface area (Å²) >= 11 is 6.59. The van der Waals surface area contributed by atoms with E-state index < -0.39 is 5.82 Å². The first-order valence-electron chi connectivity index (χ1n) is 4.03. The molecule has 1 aromatic heterocycles. The van der Waals surface area contributed by atoms with Crippen molar-refractivity contribution in [3.63, 3.8) is 0 Å². The van der Waals surface area contributed by atoms with Gasteiger partial charge in [0.2, 0.25) is 0 Å². The molecule has 15 heavy (non-hydrogen) atoms. The highest BCUT2D eigenvalue weighted by Gasteiger charge is 2.00. The third-order valence-corrected chi connectivity index (χ3v) is 2.26. The Hall–Kier alpha value is -1.05. The Bertz CT molecular complexity index is 439. The summed E-state index contributed by atoms with van der Waals surface area (Å²) in [7, 11) is 0. The molecule has 0 radical (unpaired) electrons. The quantitative estimate of drug-likeness (QED) is 0.710. The number of aromatic nitrogens is 1. The smallest absolute Gasteiger partial charge is 0.186 e. The minimum absolute atomic E-state index is 0.0196. The molecule has 78 valence electrons. The molecule has 1 heterocycles. The Balaban J connectivity index is 2.67. The molecule has 0 aromatic carbocycles. The fraction of sp³-hybridized carbons (Fsp3) is 0.200. The van der Waals surface area contributed by atoms with E-state index in [0.29, 0.717) is 5.75 Å². The lowest BCUT2D eigenvalue weighted by Gasteiger charge is -1.93. The molecule has 2 nitrogen and oxygen atoms in total. The van der Waals surface area contributed by atoms with Gasteiger partial charge in [-0.15, -0.1) is 0 Å². The molecule has 0 N–H and O–H groups in total. The van der Waals surface area contributed by atoms with Crippen molar-refractivity contribution in [1.82, 2.24) is 4.98 Å². The SMILES string of the molecule is CC(=O)SCC#Cc1ncc(Cl)cc1F. The van der Waals surface area contributed by atoms with Gasteiger partial charge in [0.15, 0.2) is 10.9 Å². The molecular formula is C10H7ClFNOS. The van der Waals surface area contributed by atoms with Crippen LogP contribution in [0, 0.1) is 17.7 Å². The van der Waals surface area contributed by atoms with Crippen molar-refractivity contribution in [2.24, 2.45) is 0 Å². The van der Waals surface area contributed by atoms with Crippen LogP contribution in [-0.2, 0) is 4.79 Å². The van der Waals surface area contributed by atoms with Crippen LogP contribution in [0.1, 0.15) is 12.6 Å². The molecule has 0 saturated carbocycles. The van der Waals surface area contributed by atoms with Gasteiger partial charge in [0, 0.05) is 13.1 Å². The first kappa shape index (κ1) is 12.0. The highest BCUT2D eigenvalue weighted by Crippen LogP contribution is 2.10. The molecule has 0 fully saturated rings. The molecule has 0 amide bonds. The Labute approximate surface area is 96.2 Å². The van der Waals surface area contributed by atoms with Gasteiger partial charge in [-0.3, -0.25) is 4.79 Å². The van der Waals surface area contributed by atoms with E-state index in [1.807, 2.05) is 0 Å². The second kappa shape index (κ2) is 5.74. The molecule has 0 aliphatic heterocycles. The molecular weight excluding hydrogens is 237 g/mol. The van der Waals surface area contributed by atoms with E-state index in [4.69, 9.17) is 11.6 Å². The molecule has 5 heteroatoms. The Morgan fingerprint density at radius 2 is 2.47 bits per heavy atom. The summed E-state index contributed by atoms with van der Waals surface area (Å²) in [6.45, 7) is 1.45. The Morgan fingerprint density at radius 3 is 3.07 bits per heavy atom. The number of halogens is 2. The summed E-state index contributed by atoms with van der Waals surface area (Å²) in [6.07, 6.45) is 1.33. The van der Waals surface area contributed by atoms with Gasteiger partial charge >= 0.3 is 0 Å². The third-order valence-electron chi connectivity index (χ3n) is 1.36. The van der Waals surface area contributed by atoms with Crippen LogP contribution < -0.4 is 0 Å². The Kier molecular flexibility index (Phi) is 4.60. The van der Waals surface area contributed by atoms with Crippen molar-refractivity contribution < 1.29 is 9.18 Å². The summed E-state index contributed by atoms with van der Waals surface area (Å²) in [5.74, 6) is 4.95. The second-order valence-corrected chi connectivity index (χ2v) is 4.15. The molecule has 0 unspecified atom stereocenters. The first-order valence-corrected chi connectivity index (χ1v) is 5.39. The second-order valence-electron chi connectivity index (χ2n) is 2.57. The van der Waals surface area contributed by atoms with E-state index in [1.165, 1.54) is 13.1 Å². The maximum absolute atomic E-state index is 13.1. The molecule has 0 aliphatic rings. The molecule has 1 aromatic rings. The summed E-state index contributed by atoms with van der Waals surface area (Å²) in [6, 6.07) is 1.15. The predicted octanol–water partition coefficient (Wildman–Crippen LogP) is 2.51. The van der Waals surface area contributed by atoms with E-state index >= 15 is 0 Å². The van der Waals surface area contributed by atoms with Crippen molar-refractivity contribution in [2.45, 2.75) is 6.92 Å². The molecule has 0 saturated heterocycles. The van der Waals surface area contributed by atoms with Crippen LogP contribution >= 0.6 is 23.4 Å². The number of pyridine rings is 1. The zero-order valence-corrected chi connectivity index (χ0v) is 9.45. The van der Waals surface area contributed by atoms with Crippen LogP contribution in [0.15, 0.2) is 12.3 Å². The molecule has 0 spiro atoms. The maximum Gasteiger partial charge on any atom is 0.186 e. The van der Waals surface area contributed by atoms with Gasteiger partial charge in [-0.25, -0.2) is 9.37 Å². The lowest BCUT2D eigenvalue weighted by Crippen LogP contribution is -1.89. The topological polar surface area (TPSA) is 30.0 Å². The summed E-state index contributed by atoms with van der Waals surface area (Å²) < 4.78 is 13.1. The number of carbonyl (C=O) groups is 1. The summed E-state index contributed by atoms with van der Waals surface area (Å²) in [5, 5.41) is 0.213. The lowest BCUT2D eigenvalue weighted by atomic mass is 10.3. The number of nitrogens with zero attached hydrogens (tertiary/aromatic N) is 1. The van der Waals surface area contributed by atoms with Gasteiger partial charge in [-0.1, -0.05) is 29.3 Å². The van der Waals surface area contributed by atoms with Crippen LogP contribution in [-0.4, -0.2) is 15.9 Å². The van der Waals surface area contributed by atoms with Gasteiger partial charge in [0.05, 0.1) is 10.8 Å². The summed E-state index contributed by atoms with van der Waals surface area (Å²) in [4.78, 5) is 14.3. The number of hydrogen-bond donors (Lipinski definition) is 0. The van der Waals surface area contributed by atoms with Gasteiger partial charge in [-0.2, -0.15) is 0 Å². The van der Waals surface area contributed by atoms with Gasteiger partial charge in [0.1, 0.15) is 5.69 Å². The van der Waals surface area contributed by atoms with Crippen molar-refractivity contribution >= 4 is 28.5 Å². The average molecular weight is 244 g/mol.